The second-order valence-electron chi connectivity index (χ2n) is 11.0. The van der Waals surface area contributed by atoms with E-state index >= 15 is 0 Å². The first-order chi connectivity index (χ1) is 18.1. The molecule has 6 aromatic rings. The van der Waals surface area contributed by atoms with Crippen LogP contribution in [0.25, 0.3) is 27.5 Å². The van der Waals surface area contributed by atoms with Gasteiger partial charge in [0.15, 0.2) is 0 Å². The minimum atomic E-state index is -0.0496. The second kappa shape index (κ2) is 7.36. The predicted octanol–water partition coefficient (Wildman–Crippen LogP) is 8.99. The molecule has 2 aliphatic rings. The Bertz CT molecular complexity index is 1820. The normalized spacial score (nSPS) is 15.2. The third-order valence-corrected chi connectivity index (χ3v) is 8.65. The molecule has 0 aliphatic carbocycles. The van der Waals surface area contributed by atoms with E-state index in [1.165, 1.54) is 66.8 Å². The summed E-state index contributed by atoms with van der Waals surface area (Å²) in [6.45, 7) is 4.72. The van der Waals surface area contributed by atoms with E-state index in [2.05, 4.69) is 133 Å². The Morgan fingerprint density at radius 3 is 1.92 bits per heavy atom. The SMILES string of the molecule is CC1(C)c2ccccc2-n2c3ccc(N4c5ccccc5CCc5ccccc54)cc3c3cccc1c32. The van der Waals surface area contributed by atoms with Crippen molar-refractivity contribution >= 4 is 38.9 Å². The molecule has 2 heteroatoms. The molecule has 0 bridgehead atoms. The monoisotopic (exact) mass is 476 g/mol. The minimum Gasteiger partial charge on any atom is -0.310 e. The van der Waals surface area contributed by atoms with Crippen molar-refractivity contribution in [3.05, 3.63) is 131 Å². The van der Waals surface area contributed by atoms with E-state index in [1.54, 1.807) is 0 Å². The first kappa shape index (κ1) is 20.8. The molecule has 0 N–H and O–H groups in total. The lowest BCUT2D eigenvalue weighted by atomic mass is 9.75. The number of rotatable bonds is 1. The highest BCUT2D eigenvalue weighted by atomic mass is 15.1. The number of fused-ring (bicyclic) bond motifs is 7. The van der Waals surface area contributed by atoms with Gasteiger partial charge in [0.25, 0.3) is 0 Å². The molecule has 0 spiro atoms. The first-order valence-electron chi connectivity index (χ1n) is 13.3. The van der Waals surface area contributed by atoms with E-state index in [-0.39, 0.29) is 5.41 Å². The van der Waals surface area contributed by atoms with Crippen molar-refractivity contribution in [1.82, 2.24) is 4.57 Å². The predicted molar refractivity (Wildman–Crippen MR) is 155 cm³/mol. The molecule has 8 rings (SSSR count). The summed E-state index contributed by atoms with van der Waals surface area (Å²) in [4.78, 5) is 2.47. The van der Waals surface area contributed by atoms with Gasteiger partial charge in [-0.2, -0.15) is 0 Å². The summed E-state index contributed by atoms with van der Waals surface area (Å²) in [5.41, 5.74) is 13.2. The molecule has 5 aromatic carbocycles. The van der Waals surface area contributed by atoms with E-state index < -0.39 is 0 Å². The lowest BCUT2D eigenvalue weighted by Crippen LogP contribution is -2.26. The summed E-state index contributed by atoms with van der Waals surface area (Å²) in [5, 5.41) is 2.63. The van der Waals surface area contributed by atoms with E-state index in [0.717, 1.165) is 12.8 Å². The van der Waals surface area contributed by atoms with Gasteiger partial charge in [-0.3, -0.25) is 0 Å². The van der Waals surface area contributed by atoms with Crippen molar-refractivity contribution in [3.8, 4) is 5.69 Å². The molecular weight excluding hydrogens is 448 g/mol. The van der Waals surface area contributed by atoms with Gasteiger partial charge in [0, 0.05) is 33.2 Å². The number of hydrogen-bond acceptors (Lipinski definition) is 1. The molecule has 0 unspecified atom stereocenters. The van der Waals surface area contributed by atoms with Gasteiger partial charge < -0.3 is 9.47 Å². The maximum atomic E-state index is 2.49. The first-order valence-corrected chi connectivity index (χ1v) is 13.3. The highest BCUT2D eigenvalue weighted by Crippen LogP contribution is 2.49. The number of nitrogens with zero attached hydrogens (tertiary/aromatic N) is 2. The Hall–Kier alpha value is -4.30. The van der Waals surface area contributed by atoms with Crippen molar-refractivity contribution in [3.63, 3.8) is 0 Å². The summed E-state index contributed by atoms with van der Waals surface area (Å²) < 4.78 is 2.49. The summed E-state index contributed by atoms with van der Waals surface area (Å²) in [5.74, 6) is 0. The largest absolute Gasteiger partial charge is 0.310 e. The Kier molecular flexibility index (Phi) is 4.15. The second-order valence-corrected chi connectivity index (χ2v) is 11.0. The molecule has 0 amide bonds. The minimum absolute atomic E-state index is 0.0496. The number of aromatic nitrogens is 1. The lowest BCUT2D eigenvalue weighted by molar-refractivity contribution is 0.630. The molecule has 0 saturated carbocycles. The molecule has 178 valence electrons. The van der Waals surface area contributed by atoms with Gasteiger partial charge in [-0.25, -0.2) is 0 Å². The van der Waals surface area contributed by atoms with Gasteiger partial charge in [-0.15, -0.1) is 0 Å². The zero-order valence-electron chi connectivity index (χ0n) is 21.2. The third kappa shape index (κ3) is 2.76. The van der Waals surface area contributed by atoms with Crippen LogP contribution in [0.2, 0.25) is 0 Å². The number of para-hydroxylation sites is 4. The van der Waals surface area contributed by atoms with Crippen LogP contribution >= 0.6 is 0 Å². The zero-order valence-corrected chi connectivity index (χ0v) is 21.2. The van der Waals surface area contributed by atoms with Crippen molar-refractivity contribution in [2.24, 2.45) is 0 Å². The van der Waals surface area contributed by atoms with Crippen LogP contribution in [0.4, 0.5) is 17.1 Å². The molecule has 0 saturated heterocycles. The summed E-state index contributed by atoms with van der Waals surface area (Å²) in [6, 6.07) is 40.6. The van der Waals surface area contributed by atoms with Gasteiger partial charge in [0.1, 0.15) is 0 Å². The van der Waals surface area contributed by atoms with Gasteiger partial charge >= 0.3 is 0 Å². The fourth-order valence-electron chi connectivity index (χ4n) is 6.85. The Morgan fingerprint density at radius 2 is 1.19 bits per heavy atom. The number of hydrogen-bond donors (Lipinski definition) is 0. The Morgan fingerprint density at radius 1 is 0.568 bits per heavy atom. The van der Waals surface area contributed by atoms with Crippen LogP contribution in [0.3, 0.4) is 0 Å². The van der Waals surface area contributed by atoms with Gasteiger partial charge in [0.2, 0.25) is 0 Å². The Labute approximate surface area is 217 Å². The van der Waals surface area contributed by atoms with Crippen LogP contribution in [0.1, 0.15) is 36.1 Å². The lowest BCUT2D eigenvalue weighted by Gasteiger charge is -2.34. The molecule has 1 aromatic heterocycles. The highest BCUT2D eigenvalue weighted by molar-refractivity contribution is 6.12. The van der Waals surface area contributed by atoms with Gasteiger partial charge in [0.05, 0.1) is 16.7 Å². The third-order valence-electron chi connectivity index (χ3n) is 8.65. The maximum Gasteiger partial charge on any atom is 0.0582 e. The Balaban J connectivity index is 1.45. The molecule has 0 atom stereocenters. The van der Waals surface area contributed by atoms with E-state index in [9.17, 15) is 0 Å². The molecule has 2 nitrogen and oxygen atoms in total. The molecule has 37 heavy (non-hydrogen) atoms. The van der Waals surface area contributed by atoms with Crippen LogP contribution in [0.5, 0.6) is 0 Å². The quantitative estimate of drug-likeness (QED) is 0.230. The van der Waals surface area contributed by atoms with Crippen molar-refractivity contribution in [2.45, 2.75) is 32.1 Å². The summed E-state index contributed by atoms with van der Waals surface area (Å²) in [7, 11) is 0. The van der Waals surface area contributed by atoms with E-state index in [1.807, 2.05) is 0 Å². The maximum absolute atomic E-state index is 2.49. The van der Waals surface area contributed by atoms with E-state index in [4.69, 9.17) is 0 Å². The van der Waals surface area contributed by atoms with Crippen molar-refractivity contribution < 1.29 is 0 Å². The van der Waals surface area contributed by atoms with Crippen LogP contribution in [-0.4, -0.2) is 4.57 Å². The fourth-order valence-corrected chi connectivity index (χ4v) is 6.85. The number of anilines is 3. The van der Waals surface area contributed by atoms with Crippen LogP contribution in [0, 0.1) is 0 Å². The number of benzene rings is 5. The number of aryl methyl sites for hydroxylation is 2. The van der Waals surface area contributed by atoms with Crippen LogP contribution < -0.4 is 4.90 Å². The molecule has 0 fully saturated rings. The van der Waals surface area contributed by atoms with Crippen LogP contribution in [-0.2, 0) is 18.3 Å². The average Bonchev–Trinajstić information content (AvgIpc) is 3.16. The topological polar surface area (TPSA) is 8.17 Å². The van der Waals surface area contributed by atoms with E-state index in [0.29, 0.717) is 0 Å². The molecule has 0 radical (unpaired) electrons. The summed E-state index contributed by atoms with van der Waals surface area (Å²) in [6.07, 6.45) is 2.11. The standard InChI is InChI=1S/C35H28N2/c1-35(2)28-13-5-8-17-33(28)37-32-21-20-25(22-27(32)26-12-9-14-29(35)34(26)37)36-30-15-6-3-10-23(30)18-19-24-11-4-7-16-31(24)36/h3-17,20-22H,18-19H2,1-2H3. The smallest absolute Gasteiger partial charge is 0.0582 e. The fraction of sp³-hybridized carbons (Fsp3) is 0.143. The molecule has 2 aliphatic heterocycles. The van der Waals surface area contributed by atoms with Crippen LogP contribution in [0.15, 0.2) is 109 Å². The van der Waals surface area contributed by atoms with Gasteiger partial charge in [-0.1, -0.05) is 86.6 Å². The average molecular weight is 477 g/mol. The highest BCUT2D eigenvalue weighted by Gasteiger charge is 2.35. The molecular formula is C35H28N2. The van der Waals surface area contributed by atoms with Gasteiger partial charge in [-0.05, 0) is 71.5 Å². The zero-order chi connectivity index (χ0) is 24.7. The summed E-state index contributed by atoms with van der Waals surface area (Å²) >= 11 is 0. The van der Waals surface area contributed by atoms with Crippen molar-refractivity contribution in [2.75, 3.05) is 4.90 Å². The van der Waals surface area contributed by atoms with Crippen molar-refractivity contribution in [1.29, 1.82) is 0 Å². The molecule has 3 heterocycles.